The predicted octanol–water partition coefficient (Wildman–Crippen LogP) is 1.99. The Kier molecular flexibility index (Phi) is 3.21. The van der Waals surface area contributed by atoms with Crippen molar-refractivity contribution < 1.29 is 8.78 Å². The van der Waals surface area contributed by atoms with Crippen LogP contribution >= 0.6 is 0 Å². The van der Waals surface area contributed by atoms with E-state index in [0.29, 0.717) is 19.6 Å². The van der Waals surface area contributed by atoms with Crippen molar-refractivity contribution in [2.45, 2.75) is 25.4 Å². The van der Waals surface area contributed by atoms with Crippen LogP contribution in [-0.2, 0) is 13.1 Å². The van der Waals surface area contributed by atoms with E-state index in [-0.39, 0.29) is 13.0 Å². The average Bonchev–Trinajstić information content (AvgIpc) is 2.59. The van der Waals surface area contributed by atoms with E-state index in [1.165, 1.54) is 0 Å². The van der Waals surface area contributed by atoms with Crippen molar-refractivity contribution in [1.82, 2.24) is 4.90 Å². The molecule has 16 heavy (non-hydrogen) atoms. The standard InChI is InChI=1S/C12H16F2N2/c13-12(14)5-6-16(9-12)8-11-3-1-10(7-15)2-4-11/h1-4H,5-9,15H2. The van der Waals surface area contributed by atoms with Crippen LogP contribution in [0.5, 0.6) is 0 Å². The topological polar surface area (TPSA) is 29.3 Å². The number of halogens is 2. The Balaban J connectivity index is 1.94. The highest BCUT2D eigenvalue weighted by atomic mass is 19.3. The first-order valence-electron chi connectivity index (χ1n) is 5.47. The van der Waals surface area contributed by atoms with Crippen molar-refractivity contribution >= 4 is 0 Å². The molecule has 0 atom stereocenters. The van der Waals surface area contributed by atoms with E-state index >= 15 is 0 Å². The molecular weight excluding hydrogens is 210 g/mol. The van der Waals surface area contributed by atoms with E-state index in [4.69, 9.17) is 5.73 Å². The van der Waals surface area contributed by atoms with Crippen LogP contribution in [0.15, 0.2) is 24.3 Å². The zero-order chi connectivity index (χ0) is 11.6. The van der Waals surface area contributed by atoms with E-state index in [2.05, 4.69) is 0 Å². The molecule has 0 aliphatic carbocycles. The van der Waals surface area contributed by atoms with Gasteiger partial charge in [0.2, 0.25) is 0 Å². The molecule has 0 amide bonds. The van der Waals surface area contributed by atoms with Crippen LogP contribution < -0.4 is 5.73 Å². The molecule has 1 aliphatic heterocycles. The second-order valence-electron chi connectivity index (χ2n) is 4.34. The molecule has 0 bridgehead atoms. The predicted molar refractivity (Wildman–Crippen MR) is 59.2 cm³/mol. The Hall–Kier alpha value is -1.00. The summed E-state index contributed by atoms with van der Waals surface area (Å²) in [5, 5.41) is 0. The molecule has 4 heteroatoms. The minimum atomic E-state index is -2.50. The van der Waals surface area contributed by atoms with E-state index in [0.717, 1.165) is 11.1 Å². The highest BCUT2D eigenvalue weighted by Gasteiger charge is 2.37. The van der Waals surface area contributed by atoms with Gasteiger partial charge >= 0.3 is 0 Å². The summed E-state index contributed by atoms with van der Waals surface area (Å²) in [6.07, 6.45) is -0.0200. The van der Waals surface area contributed by atoms with Crippen LogP contribution in [0.25, 0.3) is 0 Å². The lowest BCUT2D eigenvalue weighted by Gasteiger charge is -2.15. The number of likely N-dealkylation sites (tertiary alicyclic amines) is 1. The lowest BCUT2D eigenvalue weighted by atomic mass is 10.1. The summed E-state index contributed by atoms with van der Waals surface area (Å²) in [7, 11) is 0. The fourth-order valence-electron chi connectivity index (χ4n) is 1.98. The molecular formula is C12H16F2N2. The molecule has 2 nitrogen and oxygen atoms in total. The molecule has 1 heterocycles. The van der Waals surface area contributed by atoms with Gasteiger partial charge in [0, 0.05) is 26.1 Å². The maximum absolute atomic E-state index is 13.0. The first kappa shape index (κ1) is 11.5. The van der Waals surface area contributed by atoms with Crippen molar-refractivity contribution in [3.63, 3.8) is 0 Å². The summed E-state index contributed by atoms with van der Waals surface area (Å²) in [6, 6.07) is 7.81. The van der Waals surface area contributed by atoms with Gasteiger partial charge in [-0.2, -0.15) is 0 Å². The number of hydrogen-bond acceptors (Lipinski definition) is 2. The van der Waals surface area contributed by atoms with Crippen molar-refractivity contribution in [2.24, 2.45) is 5.73 Å². The molecule has 2 rings (SSSR count). The Bertz CT molecular complexity index is 349. The van der Waals surface area contributed by atoms with E-state index in [1.807, 2.05) is 24.3 Å². The van der Waals surface area contributed by atoms with Crippen molar-refractivity contribution in [3.8, 4) is 0 Å². The monoisotopic (exact) mass is 226 g/mol. The van der Waals surface area contributed by atoms with Crippen molar-refractivity contribution in [1.29, 1.82) is 0 Å². The summed E-state index contributed by atoms with van der Waals surface area (Å²) < 4.78 is 25.9. The van der Waals surface area contributed by atoms with Gasteiger partial charge in [-0.05, 0) is 11.1 Å². The third-order valence-corrected chi connectivity index (χ3v) is 2.91. The second kappa shape index (κ2) is 4.47. The summed E-state index contributed by atoms with van der Waals surface area (Å²) in [6.45, 7) is 1.47. The molecule has 0 unspecified atom stereocenters. The smallest absolute Gasteiger partial charge is 0.261 e. The second-order valence-corrected chi connectivity index (χ2v) is 4.34. The van der Waals surface area contributed by atoms with Gasteiger partial charge in [0.05, 0.1) is 6.54 Å². The molecule has 1 aliphatic rings. The van der Waals surface area contributed by atoms with Gasteiger partial charge in [0.15, 0.2) is 0 Å². The van der Waals surface area contributed by atoms with Gasteiger partial charge in [-0.25, -0.2) is 8.78 Å². The fourth-order valence-corrected chi connectivity index (χ4v) is 1.98. The van der Waals surface area contributed by atoms with Gasteiger partial charge in [0.25, 0.3) is 5.92 Å². The van der Waals surface area contributed by atoms with Crippen LogP contribution in [0.4, 0.5) is 8.78 Å². The number of rotatable bonds is 3. The van der Waals surface area contributed by atoms with Gasteiger partial charge in [0.1, 0.15) is 0 Å². The minimum Gasteiger partial charge on any atom is -0.326 e. The Morgan fingerprint density at radius 1 is 1.19 bits per heavy atom. The van der Waals surface area contributed by atoms with Gasteiger partial charge in [-0.3, -0.25) is 4.90 Å². The summed E-state index contributed by atoms with van der Waals surface area (Å²) in [4.78, 5) is 1.79. The molecule has 1 fully saturated rings. The normalized spacial score (nSPS) is 20.2. The number of benzene rings is 1. The molecule has 0 saturated carbocycles. The highest BCUT2D eigenvalue weighted by Crippen LogP contribution is 2.27. The summed E-state index contributed by atoms with van der Waals surface area (Å²) in [5.74, 6) is -2.50. The van der Waals surface area contributed by atoms with E-state index in [1.54, 1.807) is 4.90 Å². The van der Waals surface area contributed by atoms with Gasteiger partial charge < -0.3 is 5.73 Å². The quantitative estimate of drug-likeness (QED) is 0.854. The number of nitrogens with two attached hydrogens (primary N) is 1. The largest absolute Gasteiger partial charge is 0.326 e. The van der Waals surface area contributed by atoms with Crippen molar-refractivity contribution in [2.75, 3.05) is 13.1 Å². The van der Waals surface area contributed by atoms with Crippen LogP contribution in [-0.4, -0.2) is 23.9 Å². The van der Waals surface area contributed by atoms with E-state index in [9.17, 15) is 8.78 Å². The zero-order valence-electron chi connectivity index (χ0n) is 9.13. The molecule has 0 aromatic heterocycles. The first-order chi connectivity index (χ1) is 7.59. The summed E-state index contributed by atoms with van der Waals surface area (Å²) in [5.41, 5.74) is 7.62. The molecule has 2 N–H and O–H groups in total. The SMILES string of the molecule is NCc1ccc(CN2CCC(F)(F)C2)cc1. The third kappa shape index (κ3) is 2.77. The number of hydrogen-bond donors (Lipinski definition) is 1. The zero-order valence-corrected chi connectivity index (χ0v) is 9.13. The molecule has 1 saturated heterocycles. The maximum Gasteiger partial charge on any atom is 0.261 e. The lowest BCUT2D eigenvalue weighted by Crippen LogP contribution is -2.24. The maximum atomic E-state index is 13.0. The molecule has 0 spiro atoms. The number of nitrogens with zero attached hydrogens (tertiary/aromatic N) is 1. The average molecular weight is 226 g/mol. The van der Waals surface area contributed by atoms with Crippen LogP contribution in [0, 0.1) is 0 Å². The molecule has 1 aromatic carbocycles. The van der Waals surface area contributed by atoms with Gasteiger partial charge in [-0.1, -0.05) is 24.3 Å². The lowest BCUT2D eigenvalue weighted by molar-refractivity contribution is 0.0115. The van der Waals surface area contributed by atoms with Gasteiger partial charge in [-0.15, -0.1) is 0 Å². The molecule has 1 aromatic rings. The molecule has 88 valence electrons. The first-order valence-corrected chi connectivity index (χ1v) is 5.47. The summed E-state index contributed by atoms with van der Waals surface area (Å²) >= 11 is 0. The minimum absolute atomic E-state index is 0.0200. The Morgan fingerprint density at radius 2 is 1.81 bits per heavy atom. The highest BCUT2D eigenvalue weighted by molar-refractivity contribution is 5.22. The van der Waals surface area contributed by atoms with Crippen LogP contribution in [0.1, 0.15) is 17.5 Å². The van der Waals surface area contributed by atoms with E-state index < -0.39 is 5.92 Å². The Morgan fingerprint density at radius 3 is 2.31 bits per heavy atom. The number of alkyl halides is 2. The third-order valence-electron chi connectivity index (χ3n) is 2.91. The molecule has 0 radical (unpaired) electrons. The fraction of sp³-hybridized carbons (Fsp3) is 0.500. The van der Waals surface area contributed by atoms with Crippen LogP contribution in [0.2, 0.25) is 0 Å². The van der Waals surface area contributed by atoms with Crippen LogP contribution in [0.3, 0.4) is 0 Å². The van der Waals surface area contributed by atoms with Crippen molar-refractivity contribution in [3.05, 3.63) is 35.4 Å². The Labute approximate surface area is 94.0 Å².